The quantitative estimate of drug-likeness (QED) is 0.536. The average molecular weight is 457 g/mol. The van der Waals surface area contributed by atoms with Crippen LogP contribution in [0, 0.1) is 11.6 Å². The number of rotatable bonds is 6. The molecule has 0 radical (unpaired) electrons. The van der Waals surface area contributed by atoms with Crippen molar-refractivity contribution in [3.8, 4) is 11.5 Å². The first-order chi connectivity index (χ1) is 14.6. The Balaban J connectivity index is 2.05. The Kier molecular flexibility index (Phi) is 6.27. The van der Waals surface area contributed by atoms with Gasteiger partial charge in [-0.2, -0.15) is 4.98 Å². The van der Waals surface area contributed by atoms with Crippen LogP contribution in [0.15, 0.2) is 12.3 Å². The molecule has 31 heavy (non-hydrogen) atoms. The molecule has 0 unspecified atom stereocenters. The molecule has 1 aromatic heterocycles. The summed E-state index contributed by atoms with van der Waals surface area (Å²) in [7, 11) is -2.67. The number of anilines is 2. The number of piperidine rings is 1. The molecule has 2 aromatic rings. The number of nitrogens with zero attached hydrogens (tertiary/aromatic N) is 3. The second-order valence-electron chi connectivity index (χ2n) is 6.94. The van der Waals surface area contributed by atoms with E-state index >= 15 is 0 Å². The zero-order valence-electron chi connectivity index (χ0n) is 16.7. The zero-order valence-corrected chi connectivity index (χ0v) is 17.5. The van der Waals surface area contributed by atoms with E-state index in [1.807, 2.05) is 0 Å². The number of methoxy groups -OCH3 is 1. The summed E-state index contributed by atoms with van der Waals surface area (Å²) >= 11 is 0. The van der Waals surface area contributed by atoms with E-state index in [1.54, 1.807) is 0 Å². The van der Waals surface area contributed by atoms with Crippen molar-refractivity contribution in [2.45, 2.75) is 18.9 Å². The number of phenols is 1. The lowest BCUT2D eigenvalue weighted by Crippen LogP contribution is -2.46. The molecule has 10 nitrogen and oxygen atoms in total. The third-order valence-corrected chi connectivity index (χ3v) is 6.03. The molecule has 168 valence electrons. The molecule has 0 spiro atoms. The number of carbonyl (C=O) groups is 1. The summed E-state index contributed by atoms with van der Waals surface area (Å²) in [6.45, 7) is 1.20. The number of ether oxygens (including phenoxy) is 1. The number of nitrogens with one attached hydrogen (secondary N) is 1. The van der Waals surface area contributed by atoms with Gasteiger partial charge in [0, 0.05) is 12.3 Å². The number of nitrogens with two attached hydrogens (primary N) is 1. The van der Waals surface area contributed by atoms with Crippen LogP contribution in [0.2, 0.25) is 0 Å². The third kappa shape index (κ3) is 4.37. The molecule has 1 aliphatic rings. The van der Waals surface area contributed by atoms with Crippen molar-refractivity contribution in [1.82, 2.24) is 15.3 Å². The standard InChI is InChI=1S/C18H21F2N5O5S/c1-30-12-7-11(19)14(20)13(16(12)27)15(26)10-8-23-18(24-17(10)21)25(31(2,28)29)9-3-5-22-6-4-9/h7-9,22,27H,3-6H2,1-2H3,(H2,21,23,24). The van der Waals surface area contributed by atoms with Crippen molar-refractivity contribution in [2.24, 2.45) is 0 Å². The molecule has 0 amide bonds. The van der Waals surface area contributed by atoms with Gasteiger partial charge in [0.2, 0.25) is 21.8 Å². The molecule has 1 aliphatic heterocycles. The summed E-state index contributed by atoms with van der Waals surface area (Å²) in [6, 6.07) is 0.180. The number of phenolic OH excluding ortho intramolecular Hbond substituents is 1. The molecule has 4 N–H and O–H groups in total. The molecule has 1 aromatic carbocycles. The Morgan fingerprint density at radius 3 is 2.55 bits per heavy atom. The first kappa shape index (κ1) is 22.6. The van der Waals surface area contributed by atoms with Crippen molar-refractivity contribution >= 4 is 27.6 Å². The predicted octanol–water partition coefficient (Wildman–Crippen LogP) is 0.800. The maximum atomic E-state index is 14.3. The second kappa shape index (κ2) is 8.59. The van der Waals surface area contributed by atoms with Gasteiger partial charge in [0.1, 0.15) is 11.4 Å². The van der Waals surface area contributed by atoms with Crippen LogP contribution in [-0.2, 0) is 10.0 Å². The highest BCUT2D eigenvalue weighted by Gasteiger charge is 2.32. The second-order valence-corrected chi connectivity index (χ2v) is 8.80. The fourth-order valence-electron chi connectivity index (χ4n) is 3.38. The van der Waals surface area contributed by atoms with Crippen LogP contribution in [-0.4, -0.2) is 61.8 Å². The van der Waals surface area contributed by atoms with E-state index in [4.69, 9.17) is 10.5 Å². The lowest BCUT2D eigenvalue weighted by atomic mass is 10.0. The van der Waals surface area contributed by atoms with Crippen molar-refractivity contribution in [3.05, 3.63) is 35.0 Å². The van der Waals surface area contributed by atoms with Gasteiger partial charge in [-0.1, -0.05) is 0 Å². The predicted molar refractivity (Wildman–Crippen MR) is 108 cm³/mol. The summed E-state index contributed by atoms with van der Waals surface area (Å²) in [5.74, 6) is -6.27. The number of aromatic hydroxyl groups is 1. The minimum Gasteiger partial charge on any atom is -0.504 e. The van der Waals surface area contributed by atoms with Crippen molar-refractivity contribution in [1.29, 1.82) is 0 Å². The highest BCUT2D eigenvalue weighted by atomic mass is 32.2. The van der Waals surface area contributed by atoms with Gasteiger partial charge < -0.3 is 20.9 Å². The summed E-state index contributed by atoms with van der Waals surface area (Å²) in [6.07, 6.45) is 2.94. The van der Waals surface area contributed by atoms with Crippen molar-refractivity contribution in [3.63, 3.8) is 0 Å². The number of hydrogen-bond acceptors (Lipinski definition) is 9. The number of halogens is 2. The normalized spacial score (nSPS) is 15.0. The van der Waals surface area contributed by atoms with Gasteiger partial charge in [-0.25, -0.2) is 26.5 Å². The number of aromatic nitrogens is 2. The fraction of sp³-hybridized carbons (Fsp3) is 0.389. The van der Waals surface area contributed by atoms with Crippen molar-refractivity contribution < 1.29 is 31.8 Å². The lowest BCUT2D eigenvalue weighted by molar-refractivity contribution is 0.103. The number of nitrogen functional groups attached to an aromatic ring is 1. The van der Waals surface area contributed by atoms with Crippen LogP contribution in [0.5, 0.6) is 11.5 Å². The van der Waals surface area contributed by atoms with Gasteiger partial charge >= 0.3 is 0 Å². The van der Waals surface area contributed by atoms with Gasteiger partial charge in [0.25, 0.3) is 0 Å². The zero-order chi connectivity index (χ0) is 22.9. The van der Waals surface area contributed by atoms with E-state index in [2.05, 4.69) is 15.3 Å². The average Bonchev–Trinajstić information content (AvgIpc) is 2.70. The van der Waals surface area contributed by atoms with Crippen LogP contribution in [0.25, 0.3) is 0 Å². The Morgan fingerprint density at radius 2 is 2.00 bits per heavy atom. The van der Waals surface area contributed by atoms with Crippen LogP contribution >= 0.6 is 0 Å². The van der Waals surface area contributed by atoms with Crippen LogP contribution < -0.4 is 20.1 Å². The summed E-state index contributed by atoms with van der Waals surface area (Å²) in [5.41, 5.74) is 4.40. The Morgan fingerprint density at radius 1 is 1.35 bits per heavy atom. The molecular weight excluding hydrogens is 436 g/mol. The summed E-state index contributed by atoms with van der Waals surface area (Å²) in [4.78, 5) is 20.7. The molecule has 0 aliphatic carbocycles. The molecule has 0 atom stereocenters. The first-order valence-electron chi connectivity index (χ1n) is 9.18. The number of sulfonamides is 1. The maximum absolute atomic E-state index is 14.3. The highest BCUT2D eigenvalue weighted by molar-refractivity contribution is 7.92. The Labute approximate surface area is 177 Å². The number of ketones is 1. The van der Waals surface area contributed by atoms with Gasteiger partial charge in [0.05, 0.1) is 25.0 Å². The Bertz CT molecular complexity index is 1120. The third-order valence-electron chi connectivity index (χ3n) is 4.85. The molecule has 3 rings (SSSR count). The minimum absolute atomic E-state index is 0.245. The number of hydrogen-bond donors (Lipinski definition) is 3. The topological polar surface area (TPSA) is 148 Å². The SMILES string of the molecule is COc1cc(F)c(F)c(C(=O)c2cnc(N(C3CCNCC3)S(C)(=O)=O)nc2N)c1O. The molecule has 0 bridgehead atoms. The van der Waals surface area contributed by atoms with E-state index in [0.717, 1.165) is 23.9 Å². The summed E-state index contributed by atoms with van der Waals surface area (Å²) < 4.78 is 58.6. The monoisotopic (exact) mass is 457 g/mol. The molecule has 13 heteroatoms. The van der Waals surface area contributed by atoms with E-state index in [1.165, 1.54) is 0 Å². The molecule has 1 saturated heterocycles. The fourth-order valence-corrected chi connectivity index (χ4v) is 4.52. The van der Waals surface area contributed by atoms with Crippen LogP contribution in [0.1, 0.15) is 28.8 Å². The lowest BCUT2D eigenvalue weighted by Gasteiger charge is -2.32. The van der Waals surface area contributed by atoms with Crippen molar-refractivity contribution in [2.75, 3.05) is 36.5 Å². The van der Waals surface area contributed by atoms with E-state index < -0.39 is 61.9 Å². The smallest absolute Gasteiger partial charge is 0.241 e. The highest BCUT2D eigenvalue weighted by Crippen LogP contribution is 2.35. The molecule has 0 saturated carbocycles. The van der Waals surface area contributed by atoms with E-state index in [0.29, 0.717) is 32.0 Å². The van der Waals surface area contributed by atoms with Gasteiger partial charge in [0.15, 0.2) is 23.1 Å². The van der Waals surface area contributed by atoms with Crippen LogP contribution in [0.3, 0.4) is 0 Å². The van der Waals surface area contributed by atoms with E-state index in [9.17, 15) is 27.1 Å². The largest absolute Gasteiger partial charge is 0.504 e. The van der Waals surface area contributed by atoms with Gasteiger partial charge in [-0.15, -0.1) is 0 Å². The minimum atomic E-state index is -3.77. The Hall–Kier alpha value is -3.06. The maximum Gasteiger partial charge on any atom is 0.241 e. The number of carbonyl (C=O) groups excluding carboxylic acids is 1. The first-order valence-corrected chi connectivity index (χ1v) is 11.0. The molecular formula is C18H21F2N5O5S. The number of benzene rings is 1. The summed E-state index contributed by atoms with van der Waals surface area (Å²) in [5, 5.41) is 13.2. The van der Waals surface area contributed by atoms with Gasteiger partial charge in [-0.3, -0.25) is 4.79 Å². The molecule has 1 fully saturated rings. The molecule has 2 heterocycles. The van der Waals surface area contributed by atoms with E-state index in [-0.39, 0.29) is 5.95 Å². The van der Waals surface area contributed by atoms with Crippen LogP contribution in [0.4, 0.5) is 20.5 Å². The van der Waals surface area contributed by atoms with Gasteiger partial charge in [-0.05, 0) is 25.9 Å².